The fraction of sp³-hybridized carbons (Fsp3) is 0.667. The van der Waals surface area contributed by atoms with Gasteiger partial charge in [0.1, 0.15) is 11.3 Å². The zero-order valence-corrected chi connectivity index (χ0v) is 13.6. The van der Waals surface area contributed by atoms with Crippen LogP contribution in [-0.4, -0.2) is 52.8 Å². The molecular weight excluding hydrogens is 284 g/mol. The standard InChI is InChI=1S/C15H24N4O3/c1-15(2,3)22-14(20)19-8-5-11(10-19)18-9-12-13(21-4)17-7-6-16-12/h6-7,11,18H,5,8-10H2,1-4H3. The Morgan fingerprint density at radius 2 is 2.14 bits per heavy atom. The molecule has 1 aromatic heterocycles. The van der Waals surface area contributed by atoms with Gasteiger partial charge in [-0.15, -0.1) is 0 Å². The third-order valence-corrected chi connectivity index (χ3v) is 3.33. The molecule has 7 heteroatoms. The van der Waals surface area contributed by atoms with Gasteiger partial charge < -0.3 is 19.7 Å². The van der Waals surface area contributed by atoms with Gasteiger partial charge in [0.05, 0.1) is 7.11 Å². The molecule has 0 radical (unpaired) electrons. The van der Waals surface area contributed by atoms with E-state index in [1.54, 1.807) is 24.4 Å². The lowest BCUT2D eigenvalue weighted by atomic mass is 10.2. The maximum atomic E-state index is 12.0. The molecule has 1 aliphatic rings. The molecule has 22 heavy (non-hydrogen) atoms. The van der Waals surface area contributed by atoms with E-state index < -0.39 is 5.60 Å². The van der Waals surface area contributed by atoms with Crippen LogP contribution in [0.5, 0.6) is 5.88 Å². The molecule has 0 bridgehead atoms. The van der Waals surface area contributed by atoms with E-state index >= 15 is 0 Å². The Bertz CT molecular complexity index is 516. The number of hydrogen-bond donors (Lipinski definition) is 1. The molecule has 7 nitrogen and oxygen atoms in total. The number of amides is 1. The summed E-state index contributed by atoms with van der Waals surface area (Å²) in [5.74, 6) is 0.525. The van der Waals surface area contributed by atoms with Gasteiger partial charge in [0.25, 0.3) is 0 Å². The highest BCUT2D eigenvalue weighted by Gasteiger charge is 2.29. The number of nitrogens with zero attached hydrogens (tertiary/aromatic N) is 3. The van der Waals surface area contributed by atoms with Gasteiger partial charge in [0.2, 0.25) is 5.88 Å². The maximum absolute atomic E-state index is 12.0. The minimum atomic E-state index is -0.463. The number of hydrogen-bond acceptors (Lipinski definition) is 6. The van der Waals surface area contributed by atoms with Gasteiger partial charge in [0.15, 0.2) is 0 Å². The molecule has 2 heterocycles. The first-order chi connectivity index (χ1) is 10.4. The van der Waals surface area contributed by atoms with Crippen molar-refractivity contribution in [3.05, 3.63) is 18.1 Å². The van der Waals surface area contributed by atoms with Gasteiger partial charge in [-0.2, -0.15) is 0 Å². The first-order valence-electron chi connectivity index (χ1n) is 7.44. The Kier molecular flexibility index (Phi) is 5.18. The van der Waals surface area contributed by atoms with Crippen LogP contribution in [0.2, 0.25) is 0 Å². The van der Waals surface area contributed by atoms with Crippen LogP contribution in [0.25, 0.3) is 0 Å². The Hall–Kier alpha value is -1.89. The van der Waals surface area contributed by atoms with Crippen LogP contribution in [0.1, 0.15) is 32.9 Å². The number of ether oxygens (including phenoxy) is 2. The van der Waals surface area contributed by atoms with E-state index in [4.69, 9.17) is 9.47 Å². The summed E-state index contributed by atoms with van der Waals surface area (Å²) in [6.07, 6.45) is 3.87. The summed E-state index contributed by atoms with van der Waals surface area (Å²) in [6.45, 7) is 7.51. The van der Waals surface area contributed by atoms with E-state index in [0.717, 1.165) is 12.1 Å². The van der Waals surface area contributed by atoms with E-state index in [-0.39, 0.29) is 12.1 Å². The third kappa shape index (κ3) is 4.56. The van der Waals surface area contributed by atoms with Crippen LogP contribution >= 0.6 is 0 Å². The average molecular weight is 308 g/mol. The van der Waals surface area contributed by atoms with Gasteiger partial charge in [-0.3, -0.25) is 4.98 Å². The predicted octanol–water partition coefficient (Wildman–Crippen LogP) is 1.58. The Labute approximate surface area is 131 Å². The average Bonchev–Trinajstić information content (AvgIpc) is 2.92. The number of methoxy groups -OCH3 is 1. The van der Waals surface area contributed by atoms with Gasteiger partial charge in [-0.1, -0.05) is 0 Å². The highest BCUT2D eigenvalue weighted by Crippen LogP contribution is 2.16. The summed E-state index contributed by atoms with van der Waals surface area (Å²) < 4.78 is 10.6. The second-order valence-electron chi connectivity index (χ2n) is 6.31. The lowest BCUT2D eigenvalue weighted by Gasteiger charge is -2.24. The lowest BCUT2D eigenvalue weighted by molar-refractivity contribution is 0.0291. The minimum Gasteiger partial charge on any atom is -0.480 e. The number of likely N-dealkylation sites (tertiary alicyclic amines) is 1. The molecule has 1 unspecified atom stereocenters. The number of nitrogens with one attached hydrogen (secondary N) is 1. The van der Waals surface area contributed by atoms with Crippen molar-refractivity contribution in [2.75, 3.05) is 20.2 Å². The van der Waals surface area contributed by atoms with Crippen molar-refractivity contribution in [1.82, 2.24) is 20.2 Å². The number of rotatable bonds is 4. The monoisotopic (exact) mass is 308 g/mol. The first-order valence-corrected chi connectivity index (χ1v) is 7.44. The van der Waals surface area contributed by atoms with Gasteiger partial charge in [-0.25, -0.2) is 9.78 Å². The fourth-order valence-corrected chi connectivity index (χ4v) is 2.31. The summed E-state index contributed by atoms with van der Waals surface area (Å²) in [4.78, 5) is 22.1. The van der Waals surface area contributed by atoms with Gasteiger partial charge >= 0.3 is 6.09 Å². The number of carbonyl (C=O) groups is 1. The van der Waals surface area contributed by atoms with Crippen molar-refractivity contribution in [2.24, 2.45) is 0 Å². The van der Waals surface area contributed by atoms with Crippen LogP contribution in [-0.2, 0) is 11.3 Å². The van der Waals surface area contributed by atoms with E-state index in [9.17, 15) is 4.79 Å². The zero-order chi connectivity index (χ0) is 16.2. The molecule has 0 aromatic carbocycles. The van der Waals surface area contributed by atoms with Crippen molar-refractivity contribution in [3.8, 4) is 5.88 Å². The molecule has 1 aliphatic heterocycles. The quantitative estimate of drug-likeness (QED) is 0.910. The molecule has 1 saturated heterocycles. The second kappa shape index (κ2) is 6.91. The van der Waals surface area contributed by atoms with Crippen molar-refractivity contribution >= 4 is 6.09 Å². The molecule has 1 amide bonds. The van der Waals surface area contributed by atoms with E-state index in [2.05, 4.69) is 15.3 Å². The minimum absolute atomic E-state index is 0.222. The van der Waals surface area contributed by atoms with E-state index in [1.165, 1.54) is 0 Å². The zero-order valence-electron chi connectivity index (χ0n) is 13.6. The smallest absolute Gasteiger partial charge is 0.410 e. The molecule has 0 spiro atoms. The molecule has 0 saturated carbocycles. The Morgan fingerprint density at radius 1 is 1.41 bits per heavy atom. The second-order valence-corrected chi connectivity index (χ2v) is 6.31. The SMILES string of the molecule is COc1nccnc1CNC1CCN(C(=O)OC(C)(C)C)C1. The summed E-state index contributed by atoms with van der Waals surface area (Å²) in [6, 6.07) is 0.222. The van der Waals surface area contributed by atoms with Crippen molar-refractivity contribution in [1.29, 1.82) is 0 Å². The van der Waals surface area contributed by atoms with Crippen LogP contribution in [0, 0.1) is 0 Å². The molecular formula is C15H24N4O3. The Morgan fingerprint density at radius 3 is 2.82 bits per heavy atom. The highest BCUT2D eigenvalue weighted by atomic mass is 16.6. The molecule has 1 fully saturated rings. The van der Waals surface area contributed by atoms with Crippen LogP contribution in [0.15, 0.2) is 12.4 Å². The number of carbonyl (C=O) groups excluding carboxylic acids is 1. The normalized spacial score (nSPS) is 18.4. The highest BCUT2D eigenvalue weighted by molar-refractivity contribution is 5.68. The summed E-state index contributed by atoms with van der Waals surface area (Å²) in [5, 5.41) is 3.39. The molecule has 1 aromatic rings. The summed E-state index contributed by atoms with van der Waals surface area (Å²) in [5.41, 5.74) is 0.302. The molecule has 1 N–H and O–H groups in total. The molecule has 0 aliphatic carbocycles. The van der Waals surface area contributed by atoms with Crippen molar-refractivity contribution in [2.45, 2.75) is 45.4 Å². The molecule has 2 rings (SSSR count). The lowest BCUT2D eigenvalue weighted by Crippen LogP contribution is -2.38. The van der Waals surface area contributed by atoms with Crippen LogP contribution in [0.3, 0.4) is 0 Å². The van der Waals surface area contributed by atoms with Crippen LogP contribution < -0.4 is 10.1 Å². The van der Waals surface area contributed by atoms with Gasteiger partial charge in [-0.05, 0) is 27.2 Å². The first kappa shape index (κ1) is 16.5. The van der Waals surface area contributed by atoms with Crippen molar-refractivity contribution < 1.29 is 14.3 Å². The van der Waals surface area contributed by atoms with E-state index in [1.807, 2.05) is 20.8 Å². The fourth-order valence-electron chi connectivity index (χ4n) is 2.31. The number of aromatic nitrogens is 2. The third-order valence-electron chi connectivity index (χ3n) is 3.33. The maximum Gasteiger partial charge on any atom is 0.410 e. The summed E-state index contributed by atoms with van der Waals surface area (Å²) >= 11 is 0. The van der Waals surface area contributed by atoms with E-state index in [0.29, 0.717) is 25.5 Å². The topological polar surface area (TPSA) is 76.6 Å². The Balaban J connectivity index is 1.83. The largest absolute Gasteiger partial charge is 0.480 e. The predicted molar refractivity (Wildman–Crippen MR) is 81.6 cm³/mol. The summed E-state index contributed by atoms with van der Waals surface area (Å²) in [7, 11) is 1.58. The van der Waals surface area contributed by atoms with Gasteiger partial charge in [0, 0.05) is 38.1 Å². The molecule has 122 valence electrons. The molecule has 1 atom stereocenters. The van der Waals surface area contributed by atoms with Crippen LogP contribution in [0.4, 0.5) is 4.79 Å². The van der Waals surface area contributed by atoms with Crippen molar-refractivity contribution in [3.63, 3.8) is 0 Å².